The van der Waals surface area contributed by atoms with Crippen LogP contribution in [0.1, 0.15) is 37.0 Å². The van der Waals surface area contributed by atoms with Crippen LogP contribution in [0.25, 0.3) is 0 Å². The van der Waals surface area contributed by atoms with E-state index in [1.54, 1.807) is 0 Å². The van der Waals surface area contributed by atoms with Crippen LogP contribution >= 0.6 is 0 Å². The molecule has 0 bridgehead atoms. The Bertz CT molecular complexity index is 458. The molecule has 21 heavy (non-hydrogen) atoms. The molecule has 0 aromatic heterocycles. The Morgan fingerprint density at radius 2 is 2.14 bits per heavy atom. The molecule has 0 aliphatic carbocycles. The number of amides is 1. The number of nitrogens with two attached hydrogens (primary N) is 1. The van der Waals surface area contributed by atoms with Gasteiger partial charge in [-0.1, -0.05) is 36.8 Å². The predicted molar refractivity (Wildman–Crippen MR) is 83.8 cm³/mol. The van der Waals surface area contributed by atoms with Gasteiger partial charge in [0.15, 0.2) is 0 Å². The van der Waals surface area contributed by atoms with Gasteiger partial charge in [0.1, 0.15) is 0 Å². The van der Waals surface area contributed by atoms with E-state index in [-0.39, 0.29) is 17.9 Å². The van der Waals surface area contributed by atoms with Gasteiger partial charge in [0.05, 0.1) is 6.10 Å². The highest BCUT2D eigenvalue weighted by molar-refractivity contribution is 5.78. The standard InChI is InChI=1S/C17H26N2O2/c1-12-5-7-14(8-6-12)16-15(4-3-9-21-16)11-19-17(20)13(2)10-18/h5-8,13,15-16H,3-4,9-11,18H2,1-2H3,(H,19,20). The maximum absolute atomic E-state index is 11.9. The zero-order valence-electron chi connectivity index (χ0n) is 13.0. The molecule has 1 aromatic carbocycles. The average Bonchev–Trinajstić information content (AvgIpc) is 2.53. The Kier molecular flexibility index (Phi) is 5.76. The van der Waals surface area contributed by atoms with Crippen LogP contribution in [0, 0.1) is 18.8 Å². The Hall–Kier alpha value is -1.39. The number of aryl methyl sites for hydroxylation is 1. The van der Waals surface area contributed by atoms with Crippen molar-refractivity contribution in [1.82, 2.24) is 5.32 Å². The highest BCUT2D eigenvalue weighted by atomic mass is 16.5. The molecule has 0 spiro atoms. The first-order chi connectivity index (χ1) is 10.1. The minimum Gasteiger partial charge on any atom is -0.373 e. The summed E-state index contributed by atoms with van der Waals surface area (Å²) in [7, 11) is 0. The molecule has 4 nitrogen and oxygen atoms in total. The second kappa shape index (κ2) is 7.57. The van der Waals surface area contributed by atoms with Gasteiger partial charge < -0.3 is 15.8 Å². The monoisotopic (exact) mass is 290 g/mol. The van der Waals surface area contributed by atoms with Crippen molar-refractivity contribution in [3.8, 4) is 0 Å². The zero-order valence-corrected chi connectivity index (χ0v) is 13.0. The predicted octanol–water partition coefficient (Wildman–Crippen LogP) is 2.17. The van der Waals surface area contributed by atoms with Crippen molar-refractivity contribution in [2.24, 2.45) is 17.6 Å². The lowest BCUT2D eigenvalue weighted by molar-refractivity contribution is -0.125. The molecule has 3 unspecified atom stereocenters. The summed E-state index contributed by atoms with van der Waals surface area (Å²) in [5.41, 5.74) is 7.98. The van der Waals surface area contributed by atoms with Crippen LogP contribution in [-0.2, 0) is 9.53 Å². The first-order valence-corrected chi connectivity index (χ1v) is 7.77. The Balaban J connectivity index is 1.99. The number of hydrogen-bond acceptors (Lipinski definition) is 3. The molecule has 3 atom stereocenters. The van der Waals surface area contributed by atoms with E-state index in [1.165, 1.54) is 11.1 Å². The molecule has 0 radical (unpaired) electrons. The van der Waals surface area contributed by atoms with Crippen molar-refractivity contribution in [2.75, 3.05) is 19.7 Å². The maximum Gasteiger partial charge on any atom is 0.224 e. The fourth-order valence-corrected chi connectivity index (χ4v) is 2.69. The van der Waals surface area contributed by atoms with Gasteiger partial charge in [-0.3, -0.25) is 4.79 Å². The molecule has 1 aliphatic rings. The van der Waals surface area contributed by atoms with Crippen molar-refractivity contribution in [2.45, 2.75) is 32.8 Å². The van der Waals surface area contributed by atoms with Crippen molar-refractivity contribution in [1.29, 1.82) is 0 Å². The number of rotatable bonds is 5. The SMILES string of the molecule is Cc1ccc(C2OCCCC2CNC(=O)C(C)CN)cc1. The van der Waals surface area contributed by atoms with E-state index in [0.717, 1.165) is 19.4 Å². The molecule has 2 rings (SSSR count). The highest BCUT2D eigenvalue weighted by Gasteiger charge is 2.28. The molecule has 1 aliphatic heterocycles. The Morgan fingerprint density at radius 1 is 1.43 bits per heavy atom. The molecule has 4 heteroatoms. The van der Waals surface area contributed by atoms with Gasteiger partial charge in [-0.2, -0.15) is 0 Å². The number of nitrogens with one attached hydrogen (secondary N) is 1. The van der Waals surface area contributed by atoms with Gasteiger partial charge in [0, 0.05) is 31.5 Å². The molecule has 1 saturated heterocycles. The van der Waals surface area contributed by atoms with Crippen LogP contribution in [0.5, 0.6) is 0 Å². The second-order valence-corrected chi connectivity index (χ2v) is 5.99. The molecular weight excluding hydrogens is 264 g/mol. The summed E-state index contributed by atoms with van der Waals surface area (Å²) >= 11 is 0. The second-order valence-electron chi connectivity index (χ2n) is 5.99. The Morgan fingerprint density at radius 3 is 2.81 bits per heavy atom. The first-order valence-electron chi connectivity index (χ1n) is 7.77. The van der Waals surface area contributed by atoms with Crippen LogP contribution < -0.4 is 11.1 Å². The van der Waals surface area contributed by atoms with E-state index >= 15 is 0 Å². The molecule has 116 valence electrons. The third kappa shape index (κ3) is 4.29. The largest absolute Gasteiger partial charge is 0.373 e. The van der Waals surface area contributed by atoms with Gasteiger partial charge in [-0.05, 0) is 25.3 Å². The van der Waals surface area contributed by atoms with Gasteiger partial charge in [0.25, 0.3) is 0 Å². The fourth-order valence-electron chi connectivity index (χ4n) is 2.69. The van der Waals surface area contributed by atoms with E-state index in [4.69, 9.17) is 10.5 Å². The zero-order chi connectivity index (χ0) is 15.2. The molecule has 1 amide bonds. The van der Waals surface area contributed by atoms with Gasteiger partial charge in [-0.25, -0.2) is 0 Å². The van der Waals surface area contributed by atoms with Crippen LogP contribution in [-0.4, -0.2) is 25.6 Å². The van der Waals surface area contributed by atoms with E-state index in [2.05, 4.69) is 36.5 Å². The summed E-state index contributed by atoms with van der Waals surface area (Å²) in [5.74, 6) is 0.230. The van der Waals surface area contributed by atoms with E-state index < -0.39 is 0 Å². The third-order valence-electron chi connectivity index (χ3n) is 4.19. The molecule has 0 saturated carbocycles. The lowest BCUT2D eigenvalue weighted by Crippen LogP contribution is -2.39. The van der Waals surface area contributed by atoms with Crippen LogP contribution in [0.3, 0.4) is 0 Å². The lowest BCUT2D eigenvalue weighted by Gasteiger charge is -2.32. The van der Waals surface area contributed by atoms with Crippen molar-refractivity contribution in [3.63, 3.8) is 0 Å². The fraction of sp³-hybridized carbons (Fsp3) is 0.588. The van der Waals surface area contributed by atoms with Crippen LogP contribution in [0.2, 0.25) is 0 Å². The van der Waals surface area contributed by atoms with Gasteiger partial charge in [-0.15, -0.1) is 0 Å². The average molecular weight is 290 g/mol. The van der Waals surface area contributed by atoms with Crippen LogP contribution in [0.4, 0.5) is 0 Å². The van der Waals surface area contributed by atoms with Crippen molar-refractivity contribution < 1.29 is 9.53 Å². The number of carbonyl (C=O) groups excluding carboxylic acids is 1. The Labute approximate surface area is 127 Å². The normalized spacial score (nSPS) is 23.6. The number of ether oxygens (including phenoxy) is 1. The highest BCUT2D eigenvalue weighted by Crippen LogP contribution is 2.33. The molecule has 1 aromatic rings. The first kappa shape index (κ1) is 16.0. The van der Waals surface area contributed by atoms with E-state index in [0.29, 0.717) is 19.0 Å². The number of benzene rings is 1. The minimum atomic E-state index is -0.132. The topological polar surface area (TPSA) is 64.3 Å². The summed E-state index contributed by atoms with van der Waals surface area (Å²) in [5, 5.41) is 3.02. The van der Waals surface area contributed by atoms with Crippen molar-refractivity contribution >= 4 is 5.91 Å². The number of hydrogen-bond donors (Lipinski definition) is 2. The summed E-state index contributed by atoms with van der Waals surface area (Å²) in [4.78, 5) is 11.9. The number of carbonyl (C=O) groups is 1. The van der Waals surface area contributed by atoms with Gasteiger partial charge in [0.2, 0.25) is 5.91 Å². The maximum atomic E-state index is 11.9. The lowest BCUT2D eigenvalue weighted by atomic mass is 9.89. The van der Waals surface area contributed by atoms with Crippen molar-refractivity contribution in [3.05, 3.63) is 35.4 Å². The van der Waals surface area contributed by atoms with E-state index in [1.807, 2.05) is 6.92 Å². The smallest absolute Gasteiger partial charge is 0.224 e. The van der Waals surface area contributed by atoms with Crippen LogP contribution in [0.15, 0.2) is 24.3 Å². The van der Waals surface area contributed by atoms with E-state index in [9.17, 15) is 4.79 Å². The molecule has 1 heterocycles. The summed E-state index contributed by atoms with van der Waals surface area (Å²) < 4.78 is 5.96. The van der Waals surface area contributed by atoms with Gasteiger partial charge >= 0.3 is 0 Å². The summed E-state index contributed by atoms with van der Waals surface area (Å²) in [6.45, 7) is 5.76. The summed E-state index contributed by atoms with van der Waals surface area (Å²) in [6.07, 6.45) is 2.21. The third-order valence-corrected chi connectivity index (χ3v) is 4.19. The molecule has 1 fully saturated rings. The quantitative estimate of drug-likeness (QED) is 0.873. The molecular formula is C17H26N2O2. The minimum absolute atomic E-state index is 0.0331. The summed E-state index contributed by atoms with van der Waals surface area (Å²) in [6, 6.07) is 8.48. The molecule has 3 N–H and O–H groups in total.